The number of nitrogens with one attached hydrogen (secondary N) is 1. The van der Waals surface area contributed by atoms with E-state index in [1.54, 1.807) is 4.90 Å². The zero-order chi connectivity index (χ0) is 20.1. The summed E-state index contributed by atoms with van der Waals surface area (Å²) < 4.78 is 5.84. The predicted molar refractivity (Wildman–Crippen MR) is 112 cm³/mol. The van der Waals surface area contributed by atoms with Gasteiger partial charge in [0.1, 0.15) is 18.4 Å². The average Bonchev–Trinajstić information content (AvgIpc) is 3.21. The Hall–Kier alpha value is -2.82. The van der Waals surface area contributed by atoms with Crippen molar-refractivity contribution in [2.24, 2.45) is 0 Å². The van der Waals surface area contributed by atoms with Crippen molar-refractivity contribution >= 4 is 11.8 Å². The van der Waals surface area contributed by atoms with Gasteiger partial charge in [0, 0.05) is 13.0 Å². The number of amides is 2. The lowest BCUT2D eigenvalue weighted by molar-refractivity contribution is -0.142. The van der Waals surface area contributed by atoms with Crippen LogP contribution in [-0.4, -0.2) is 36.4 Å². The van der Waals surface area contributed by atoms with Crippen LogP contribution in [0.25, 0.3) is 0 Å². The summed E-state index contributed by atoms with van der Waals surface area (Å²) in [7, 11) is 0. The van der Waals surface area contributed by atoms with E-state index in [0.29, 0.717) is 26.1 Å². The fraction of sp³-hybridized carbons (Fsp3) is 0.417. The first-order valence-electron chi connectivity index (χ1n) is 10.6. The van der Waals surface area contributed by atoms with Crippen LogP contribution in [0.3, 0.4) is 0 Å². The van der Waals surface area contributed by atoms with E-state index >= 15 is 0 Å². The Bertz CT molecular complexity index is 866. The van der Waals surface area contributed by atoms with E-state index < -0.39 is 6.04 Å². The van der Waals surface area contributed by atoms with Crippen LogP contribution in [0.15, 0.2) is 48.5 Å². The normalized spacial score (nSPS) is 17.0. The highest BCUT2D eigenvalue weighted by molar-refractivity contribution is 5.89. The molecule has 0 saturated carbocycles. The molecular weight excluding hydrogens is 364 g/mol. The molecule has 0 spiro atoms. The molecule has 4 rings (SSSR count). The smallest absolute Gasteiger partial charge is 0.247 e. The molecule has 0 aromatic heterocycles. The van der Waals surface area contributed by atoms with Gasteiger partial charge in [-0.3, -0.25) is 9.59 Å². The van der Waals surface area contributed by atoms with Gasteiger partial charge in [-0.05, 0) is 60.9 Å². The van der Waals surface area contributed by atoms with Crippen LogP contribution >= 0.6 is 0 Å². The number of aryl methyl sites for hydroxylation is 2. The standard InChI is InChI=1S/C24H28N2O3/c27-22-11-4-5-15-26(22)23(19-7-2-1-3-8-19)24(28)25-14-16-29-21-13-12-18-9-6-10-20(18)17-21/h1-3,7-8,12-13,17,23H,4-6,9-11,14-16H2,(H,25,28). The second-order valence-corrected chi connectivity index (χ2v) is 7.78. The molecule has 1 unspecified atom stereocenters. The van der Waals surface area contributed by atoms with Gasteiger partial charge in [0.25, 0.3) is 0 Å². The Morgan fingerprint density at radius 2 is 1.83 bits per heavy atom. The highest BCUT2D eigenvalue weighted by Gasteiger charge is 2.32. The van der Waals surface area contributed by atoms with E-state index in [4.69, 9.17) is 4.74 Å². The number of carbonyl (C=O) groups is 2. The van der Waals surface area contributed by atoms with Crippen LogP contribution in [0.5, 0.6) is 5.75 Å². The Morgan fingerprint density at radius 1 is 1.00 bits per heavy atom. The van der Waals surface area contributed by atoms with Crippen molar-refractivity contribution in [2.75, 3.05) is 19.7 Å². The Balaban J connectivity index is 1.36. The van der Waals surface area contributed by atoms with E-state index in [0.717, 1.165) is 37.0 Å². The number of rotatable bonds is 7. The van der Waals surface area contributed by atoms with E-state index in [-0.39, 0.29) is 11.8 Å². The predicted octanol–water partition coefficient (Wildman–Crippen LogP) is 3.42. The van der Waals surface area contributed by atoms with Crippen molar-refractivity contribution in [3.63, 3.8) is 0 Å². The summed E-state index contributed by atoms with van der Waals surface area (Å²) in [5.74, 6) is 0.754. The van der Waals surface area contributed by atoms with Crippen molar-refractivity contribution < 1.29 is 14.3 Å². The summed E-state index contributed by atoms with van der Waals surface area (Å²) in [6, 6.07) is 15.2. The van der Waals surface area contributed by atoms with Crippen molar-refractivity contribution in [1.29, 1.82) is 0 Å². The van der Waals surface area contributed by atoms with Crippen LogP contribution in [0.4, 0.5) is 0 Å². The van der Waals surface area contributed by atoms with Gasteiger partial charge in [0.2, 0.25) is 11.8 Å². The second-order valence-electron chi connectivity index (χ2n) is 7.78. The summed E-state index contributed by atoms with van der Waals surface area (Å²) >= 11 is 0. The maximum Gasteiger partial charge on any atom is 0.247 e. The number of ether oxygens (including phenoxy) is 1. The molecule has 1 fully saturated rings. The van der Waals surface area contributed by atoms with Crippen LogP contribution in [0.2, 0.25) is 0 Å². The highest BCUT2D eigenvalue weighted by Crippen LogP contribution is 2.27. The molecule has 2 aliphatic rings. The quantitative estimate of drug-likeness (QED) is 0.735. The molecule has 1 aliphatic heterocycles. The maximum atomic E-state index is 13.0. The van der Waals surface area contributed by atoms with Crippen molar-refractivity contribution in [2.45, 2.75) is 44.6 Å². The fourth-order valence-corrected chi connectivity index (χ4v) is 4.29. The van der Waals surface area contributed by atoms with Crippen molar-refractivity contribution in [3.8, 4) is 5.75 Å². The van der Waals surface area contributed by atoms with Gasteiger partial charge in [-0.25, -0.2) is 0 Å². The number of fused-ring (bicyclic) bond motifs is 1. The number of piperidine rings is 1. The molecule has 1 saturated heterocycles. The number of likely N-dealkylation sites (tertiary alicyclic amines) is 1. The number of carbonyl (C=O) groups excluding carboxylic acids is 2. The topological polar surface area (TPSA) is 58.6 Å². The van der Waals surface area contributed by atoms with Crippen LogP contribution in [0.1, 0.15) is 48.4 Å². The molecule has 152 valence electrons. The third kappa shape index (κ3) is 4.61. The highest BCUT2D eigenvalue weighted by atomic mass is 16.5. The minimum absolute atomic E-state index is 0.0506. The molecule has 5 nitrogen and oxygen atoms in total. The minimum atomic E-state index is -0.580. The molecule has 29 heavy (non-hydrogen) atoms. The SMILES string of the molecule is O=C(NCCOc1ccc2c(c1)CCC2)C(c1ccccc1)N1CCCCC1=O. The van der Waals surface area contributed by atoms with Gasteiger partial charge in [0.15, 0.2) is 0 Å². The van der Waals surface area contributed by atoms with E-state index in [9.17, 15) is 9.59 Å². The molecule has 5 heteroatoms. The molecule has 2 aromatic carbocycles. The number of hydrogen-bond acceptors (Lipinski definition) is 3. The van der Waals surface area contributed by atoms with E-state index in [1.165, 1.54) is 17.5 Å². The molecular formula is C24H28N2O3. The molecule has 1 N–H and O–H groups in total. The van der Waals surface area contributed by atoms with E-state index in [2.05, 4.69) is 17.4 Å². The molecule has 0 bridgehead atoms. The van der Waals surface area contributed by atoms with E-state index in [1.807, 2.05) is 36.4 Å². The first kappa shape index (κ1) is 19.5. The van der Waals surface area contributed by atoms with Crippen LogP contribution in [-0.2, 0) is 22.4 Å². The summed E-state index contributed by atoms with van der Waals surface area (Å²) in [5.41, 5.74) is 3.64. The third-order valence-electron chi connectivity index (χ3n) is 5.78. The maximum absolute atomic E-state index is 13.0. The van der Waals surface area contributed by atoms with Gasteiger partial charge in [0.05, 0.1) is 6.54 Å². The molecule has 0 radical (unpaired) electrons. The van der Waals surface area contributed by atoms with Crippen LogP contribution < -0.4 is 10.1 Å². The monoisotopic (exact) mass is 392 g/mol. The Morgan fingerprint density at radius 3 is 2.66 bits per heavy atom. The summed E-state index contributed by atoms with van der Waals surface area (Å²) in [6.07, 6.45) is 5.83. The van der Waals surface area contributed by atoms with Crippen LogP contribution in [0, 0.1) is 0 Å². The molecule has 1 atom stereocenters. The molecule has 1 aliphatic carbocycles. The first-order chi connectivity index (χ1) is 14.2. The third-order valence-corrected chi connectivity index (χ3v) is 5.78. The van der Waals surface area contributed by atoms with Gasteiger partial charge in [-0.15, -0.1) is 0 Å². The number of benzene rings is 2. The fourth-order valence-electron chi connectivity index (χ4n) is 4.29. The summed E-state index contributed by atoms with van der Waals surface area (Å²) in [6.45, 7) is 1.43. The van der Waals surface area contributed by atoms with Gasteiger partial charge >= 0.3 is 0 Å². The summed E-state index contributed by atoms with van der Waals surface area (Å²) in [4.78, 5) is 27.2. The lowest BCUT2D eigenvalue weighted by Gasteiger charge is -2.34. The number of nitrogens with zero attached hydrogens (tertiary/aromatic N) is 1. The van der Waals surface area contributed by atoms with Crippen molar-refractivity contribution in [1.82, 2.24) is 10.2 Å². The van der Waals surface area contributed by atoms with Gasteiger partial charge in [-0.1, -0.05) is 36.4 Å². The lowest BCUT2D eigenvalue weighted by Crippen LogP contribution is -2.46. The van der Waals surface area contributed by atoms with Gasteiger partial charge < -0.3 is 15.0 Å². The lowest BCUT2D eigenvalue weighted by atomic mass is 10.0. The molecule has 1 heterocycles. The zero-order valence-corrected chi connectivity index (χ0v) is 16.7. The average molecular weight is 392 g/mol. The van der Waals surface area contributed by atoms with Crippen molar-refractivity contribution in [3.05, 3.63) is 65.2 Å². The largest absolute Gasteiger partial charge is 0.492 e. The Kier molecular flexibility index (Phi) is 6.13. The first-order valence-corrected chi connectivity index (χ1v) is 10.6. The molecule has 2 amide bonds. The zero-order valence-electron chi connectivity index (χ0n) is 16.7. The molecule has 2 aromatic rings. The minimum Gasteiger partial charge on any atom is -0.492 e. The van der Waals surface area contributed by atoms with Gasteiger partial charge in [-0.2, -0.15) is 0 Å². The Labute approximate surface area is 172 Å². The second kappa shape index (κ2) is 9.12. The number of hydrogen-bond donors (Lipinski definition) is 1. The summed E-state index contributed by atoms with van der Waals surface area (Å²) in [5, 5.41) is 2.96.